The number of para-hydroxylation sites is 1. The van der Waals surface area contributed by atoms with Gasteiger partial charge in [-0.1, -0.05) is 18.2 Å². The van der Waals surface area contributed by atoms with Gasteiger partial charge in [0.15, 0.2) is 0 Å². The maximum atomic E-state index is 11.3. The summed E-state index contributed by atoms with van der Waals surface area (Å²) in [6.07, 6.45) is 0.554. The molecule has 0 fully saturated rings. The average Bonchev–Trinajstić information content (AvgIpc) is 2.60. The average molecular weight is 233 g/mol. The van der Waals surface area contributed by atoms with Crippen molar-refractivity contribution in [3.05, 3.63) is 35.5 Å². The van der Waals surface area contributed by atoms with E-state index in [1.807, 2.05) is 31.2 Å². The minimum Gasteiger partial charge on any atom is -0.477 e. The molecule has 0 atom stereocenters. The van der Waals surface area contributed by atoms with E-state index in [0.29, 0.717) is 18.7 Å². The summed E-state index contributed by atoms with van der Waals surface area (Å²) in [5, 5.41) is 19.1. The maximum absolute atomic E-state index is 11.3. The second-order valence-corrected chi connectivity index (χ2v) is 4.02. The van der Waals surface area contributed by atoms with Crippen LogP contribution in [0.4, 0.5) is 0 Å². The standard InChI is InChI=1S/C13H15NO3/c1-9-10-5-2-3-6-11(10)14(7-4-8-15)12(9)13(16)17/h2-3,5-6,15H,4,7-8H2,1H3,(H,16,17). The minimum absolute atomic E-state index is 0.0601. The van der Waals surface area contributed by atoms with E-state index in [4.69, 9.17) is 5.11 Å². The molecular formula is C13H15NO3. The van der Waals surface area contributed by atoms with Crippen molar-refractivity contribution >= 4 is 16.9 Å². The molecule has 0 saturated carbocycles. The molecule has 0 amide bonds. The van der Waals surface area contributed by atoms with Crippen molar-refractivity contribution in [1.82, 2.24) is 4.57 Å². The van der Waals surface area contributed by atoms with Crippen LogP contribution in [-0.4, -0.2) is 27.4 Å². The highest BCUT2D eigenvalue weighted by Crippen LogP contribution is 2.25. The lowest BCUT2D eigenvalue weighted by Crippen LogP contribution is -2.10. The van der Waals surface area contributed by atoms with Crippen molar-refractivity contribution in [3.8, 4) is 0 Å². The molecular weight excluding hydrogens is 218 g/mol. The third kappa shape index (κ3) is 1.91. The molecule has 0 saturated heterocycles. The van der Waals surface area contributed by atoms with Crippen molar-refractivity contribution in [3.63, 3.8) is 0 Å². The maximum Gasteiger partial charge on any atom is 0.352 e. The molecule has 4 nitrogen and oxygen atoms in total. The topological polar surface area (TPSA) is 62.5 Å². The normalized spacial score (nSPS) is 10.9. The van der Waals surface area contributed by atoms with Gasteiger partial charge in [-0.15, -0.1) is 0 Å². The highest BCUT2D eigenvalue weighted by molar-refractivity contribution is 5.98. The largest absolute Gasteiger partial charge is 0.477 e. The molecule has 1 aromatic carbocycles. The van der Waals surface area contributed by atoms with Crippen LogP contribution >= 0.6 is 0 Å². The molecule has 90 valence electrons. The molecule has 1 heterocycles. The first-order valence-electron chi connectivity index (χ1n) is 5.58. The number of hydrogen-bond acceptors (Lipinski definition) is 2. The fourth-order valence-corrected chi connectivity index (χ4v) is 2.21. The quantitative estimate of drug-likeness (QED) is 0.849. The first-order valence-corrected chi connectivity index (χ1v) is 5.58. The van der Waals surface area contributed by atoms with Crippen molar-refractivity contribution in [2.45, 2.75) is 19.9 Å². The number of carboxylic acids is 1. The smallest absolute Gasteiger partial charge is 0.352 e. The van der Waals surface area contributed by atoms with Crippen LogP contribution in [0.3, 0.4) is 0 Å². The Kier molecular flexibility index (Phi) is 3.15. The van der Waals surface area contributed by atoms with E-state index in [1.165, 1.54) is 0 Å². The molecule has 17 heavy (non-hydrogen) atoms. The molecule has 1 aromatic heterocycles. The van der Waals surface area contributed by atoms with E-state index in [2.05, 4.69) is 0 Å². The number of carboxylic acid groups (broad SMARTS) is 1. The number of aliphatic hydroxyl groups excluding tert-OH is 1. The van der Waals surface area contributed by atoms with Gasteiger partial charge in [0.2, 0.25) is 0 Å². The number of carbonyl (C=O) groups is 1. The summed E-state index contributed by atoms with van der Waals surface area (Å²) < 4.78 is 1.77. The molecule has 0 radical (unpaired) electrons. The van der Waals surface area contributed by atoms with Crippen molar-refractivity contribution in [2.24, 2.45) is 0 Å². The summed E-state index contributed by atoms with van der Waals surface area (Å²) in [4.78, 5) is 11.3. The second kappa shape index (κ2) is 4.59. The molecule has 0 aliphatic carbocycles. The first-order chi connectivity index (χ1) is 8.16. The third-order valence-electron chi connectivity index (χ3n) is 2.97. The minimum atomic E-state index is -0.920. The summed E-state index contributed by atoms with van der Waals surface area (Å²) in [5.74, 6) is -0.920. The summed E-state index contributed by atoms with van der Waals surface area (Å²) in [6.45, 7) is 2.40. The summed E-state index contributed by atoms with van der Waals surface area (Å²) in [5.41, 5.74) is 2.02. The molecule has 4 heteroatoms. The van der Waals surface area contributed by atoms with Gasteiger partial charge in [-0.25, -0.2) is 4.79 Å². The van der Waals surface area contributed by atoms with Gasteiger partial charge in [0.1, 0.15) is 5.69 Å². The van der Waals surface area contributed by atoms with Gasteiger partial charge in [-0.05, 0) is 25.0 Å². The van der Waals surface area contributed by atoms with Crippen molar-refractivity contribution in [2.75, 3.05) is 6.61 Å². The monoisotopic (exact) mass is 233 g/mol. The van der Waals surface area contributed by atoms with Gasteiger partial charge in [0.05, 0.1) is 0 Å². The van der Waals surface area contributed by atoms with Crippen molar-refractivity contribution < 1.29 is 15.0 Å². The Morgan fingerprint density at radius 3 is 2.71 bits per heavy atom. The van der Waals surface area contributed by atoms with Crippen LogP contribution in [0.15, 0.2) is 24.3 Å². The molecule has 0 bridgehead atoms. The van der Waals surface area contributed by atoms with Crippen LogP contribution in [-0.2, 0) is 6.54 Å². The number of aromatic nitrogens is 1. The number of rotatable bonds is 4. The predicted octanol–water partition coefficient (Wildman–Crippen LogP) is 2.03. The van der Waals surface area contributed by atoms with Gasteiger partial charge in [-0.3, -0.25) is 0 Å². The van der Waals surface area contributed by atoms with Gasteiger partial charge in [0, 0.05) is 24.1 Å². The lowest BCUT2D eigenvalue weighted by Gasteiger charge is -2.07. The van der Waals surface area contributed by atoms with Crippen LogP contribution in [0.2, 0.25) is 0 Å². The Morgan fingerprint density at radius 1 is 1.35 bits per heavy atom. The lowest BCUT2D eigenvalue weighted by atomic mass is 10.1. The summed E-state index contributed by atoms with van der Waals surface area (Å²) in [7, 11) is 0. The second-order valence-electron chi connectivity index (χ2n) is 4.02. The summed E-state index contributed by atoms with van der Waals surface area (Å²) in [6, 6.07) is 7.62. The predicted molar refractivity (Wildman–Crippen MR) is 65.3 cm³/mol. The zero-order valence-electron chi connectivity index (χ0n) is 9.68. The number of aliphatic hydroxyl groups is 1. The number of aryl methyl sites for hydroxylation is 2. The molecule has 0 spiro atoms. The van der Waals surface area contributed by atoms with Gasteiger partial charge < -0.3 is 14.8 Å². The van der Waals surface area contributed by atoms with Crippen LogP contribution < -0.4 is 0 Å². The zero-order valence-corrected chi connectivity index (χ0v) is 9.68. The van der Waals surface area contributed by atoms with Crippen LogP contribution in [0.5, 0.6) is 0 Å². The number of nitrogens with zero attached hydrogens (tertiary/aromatic N) is 1. The zero-order chi connectivity index (χ0) is 12.4. The van der Waals surface area contributed by atoms with E-state index < -0.39 is 5.97 Å². The van der Waals surface area contributed by atoms with Crippen LogP contribution in [0, 0.1) is 6.92 Å². The van der Waals surface area contributed by atoms with E-state index in [0.717, 1.165) is 16.5 Å². The van der Waals surface area contributed by atoms with E-state index >= 15 is 0 Å². The molecule has 2 aromatic rings. The number of hydrogen-bond donors (Lipinski definition) is 2. The fraction of sp³-hybridized carbons (Fsp3) is 0.308. The molecule has 0 aliphatic heterocycles. The van der Waals surface area contributed by atoms with Crippen LogP contribution in [0.25, 0.3) is 10.9 Å². The molecule has 2 N–H and O–H groups in total. The van der Waals surface area contributed by atoms with Gasteiger partial charge in [-0.2, -0.15) is 0 Å². The molecule has 2 rings (SSSR count). The fourth-order valence-electron chi connectivity index (χ4n) is 2.21. The van der Waals surface area contributed by atoms with E-state index in [9.17, 15) is 9.90 Å². The van der Waals surface area contributed by atoms with Crippen LogP contribution in [0.1, 0.15) is 22.5 Å². The number of aromatic carboxylic acids is 1. The SMILES string of the molecule is Cc1c(C(=O)O)n(CCCO)c2ccccc12. The highest BCUT2D eigenvalue weighted by Gasteiger charge is 2.18. The Hall–Kier alpha value is -1.81. The molecule has 0 aliphatic rings. The number of benzene rings is 1. The van der Waals surface area contributed by atoms with Gasteiger partial charge >= 0.3 is 5.97 Å². The Labute approximate surface area is 99.1 Å². The van der Waals surface area contributed by atoms with E-state index in [-0.39, 0.29) is 6.61 Å². The number of fused-ring (bicyclic) bond motifs is 1. The molecule has 0 unspecified atom stereocenters. The first kappa shape index (κ1) is 11.7. The third-order valence-corrected chi connectivity index (χ3v) is 2.97. The summed E-state index contributed by atoms with van der Waals surface area (Å²) >= 11 is 0. The van der Waals surface area contributed by atoms with Gasteiger partial charge in [0.25, 0.3) is 0 Å². The lowest BCUT2D eigenvalue weighted by molar-refractivity contribution is 0.0684. The van der Waals surface area contributed by atoms with E-state index in [1.54, 1.807) is 4.57 Å². The highest BCUT2D eigenvalue weighted by atomic mass is 16.4. The Morgan fingerprint density at radius 2 is 2.06 bits per heavy atom. The van der Waals surface area contributed by atoms with Crippen molar-refractivity contribution in [1.29, 1.82) is 0 Å². The Balaban J connectivity index is 2.67. The Bertz CT molecular complexity index is 557.